The van der Waals surface area contributed by atoms with Gasteiger partial charge < -0.3 is 10.6 Å². The molecule has 1 aromatic carbocycles. The highest BCUT2D eigenvalue weighted by Crippen LogP contribution is 2.39. The summed E-state index contributed by atoms with van der Waals surface area (Å²) in [5.41, 5.74) is 9.04. The molecule has 1 aliphatic rings. The third-order valence-electron chi connectivity index (χ3n) is 4.28. The maximum atomic E-state index is 12.2. The lowest BCUT2D eigenvalue weighted by atomic mass is 9.88. The Labute approximate surface area is 109 Å². The minimum Gasteiger partial charge on any atom is -0.330 e. The van der Waals surface area contributed by atoms with Gasteiger partial charge >= 0.3 is 0 Å². The number of hydrogen-bond donors (Lipinski definition) is 1. The molecule has 2 N–H and O–H groups in total. The van der Waals surface area contributed by atoms with Crippen LogP contribution in [0.15, 0.2) is 18.2 Å². The van der Waals surface area contributed by atoms with E-state index in [9.17, 15) is 4.79 Å². The van der Waals surface area contributed by atoms with Crippen LogP contribution in [-0.4, -0.2) is 18.0 Å². The molecule has 1 atom stereocenters. The van der Waals surface area contributed by atoms with Crippen molar-refractivity contribution in [2.75, 3.05) is 11.4 Å². The average Bonchev–Trinajstić information content (AvgIpc) is 2.52. The Bertz CT molecular complexity index is 479. The molecule has 0 aromatic heterocycles. The van der Waals surface area contributed by atoms with Gasteiger partial charge in [-0.25, -0.2) is 0 Å². The molecule has 1 saturated heterocycles. The maximum absolute atomic E-state index is 12.2. The van der Waals surface area contributed by atoms with Crippen molar-refractivity contribution in [2.24, 2.45) is 11.7 Å². The number of amides is 1. The first kappa shape index (κ1) is 13.1. The van der Waals surface area contributed by atoms with Crippen molar-refractivity contribution in [2.45, 2.75) is 39.7 Å². The predicted molar refractivity (Wildman–Crippen MR) is 74.6 cm³/mol. The molecule has 0 saturated carbocycles. The van der Waals surface area contributed by atoms with E-state index in [-0.39, 0.29) is 17.4 Å². The highest BCUT2D eigenvalue weighted by molar-refractivity contribution is 5.97. The molecule has 18 heavy (non-hydrogen) atoms. The number of nitrogens with zero attached hydrogens (tertiary/aromatic N) is 1. The van der Waals surface area contributed by atoms with E-state index in [1.807, 2.05) is 11.0 Å². The van der Waals surface area contributed by atoms with Crippen molar-refractivity contribution in [1.82, 2.24) is 0 Å². The average molecular weight is 246 g/mol. The Hall–Kier alpha value is -1.35. The number of carbonyl (C=O) groups is 1. The highest BCUT2D eigenvalue weighted by Gasteiger charge is 2.46. The minimum atomic E-state index is -0.201. The molecule has 1 amide bonds. The Balaban J connectivity index is 2.43. The first-order valence-electron chi connectivity index (χ1n) is 6.48. The lowest BCUT2D eigenvalue weighted by molar-refractivity contribution is -0.117. The Kier molecular flexibility index (Phi) is 3.20. The van der Waals surface area contributed by atoms with Gasteiger partial charge in [0.2, 0.25) is 5.91 Å². The first-order chi connectivity index (χ1) is 8.37. The molecular weight excluding hydrogens is 224 g/mol. The van der Waals surface area contributed by atoms with Gasteiger partial charge in [0.05, 0.1) is 0 Å². The summed E-state index contributed by atoms with van der Waals surface area (Å²) in [6, 6.07) is 6.19. The second-order valence-corrected chi connectivity index (χ2v) is 5.79. The van der Waals surface area contributed by atoms with Crippen molar-refractivity contribution in [1.29, 1.82) is 0 Å². The number of carbonyl (C=O) groups excluding carboxylic acids is 1. The van der Waals surface area contributed by atoms with Crippen LogP contribution in [0.2, 0.25) is 0 Å². The van der Waals surface area contributed by atoms with Crippen LogP contribution in [0.5, 0.6) is 0 Å². The molecule has 1 aromatic rings. The van der Waals surface area contributed by atoms with Gasteiger partial charge in [-0.05, 0) is 57.5 Å². The topological polar surface area (TPSA) is 46.3 Å². The van der Waals surface area contributed by atoms with Crippen molar-refractivity contribution in [3.63, 3.8) is 0 Å². The molecule has 1 aliphatic heterocycles. The van der Waals surface area contributed by atoms with Gasteiger partial charge in [0.15, 0.2) is 0 Å². The Morgan fingerprint density at radius 1 is 1.33 bits per heavy atom. The van der Waals surface area contributed by atoms with Crippen LogP contribution in [0.3, 0.4) is 0 Å². The molecule has 3 nitrogen and oxygen atoms in total. The summed E-state index contributed by atoms with van der Waals surface area (Å²) in [6.07, 6.45) is 0.552. The predicted octanol–water partition coefficient (Wildman–Crippen LogP) is 2.39. The quantitative estimate of drug-likeness (QED) is 0.871. The molecule has 1 unspecified atom stereocenters. The molecule has 0 radical (unpaired) electrons. The minimum absolute atomic E-state index is 0.179. The second kappa shape index (κ2) is 4.39. The molecule has 1 fully saturated rings. The van der Waals surface area contributed by atoms with Gasteiger partial charge in [-0.15, -0.1) is 0 Å². The van der Waals surface area contributed by atoms with Crippen LogP contribution in [0.4, 0.5) is 5.69 Å². The largest absolute Gasteiger partial charge is 0.330 e. The van der Waals surface area contributed by atoms with Crippen LogP contribution in [0.1, 0.15) is 31.4 Å². The van der Waals surface area contributed by atoms with Gasteiger partial charge in [-0.1, -0.05) is 6.07 Å². The lowest BCUT2D eigenvalue weighted by Crippen LogP contribution is -2.46. The lowest BCUT2D eigenvalue weighted by Gasteiger charge is -2.35. The first-order valence-corrected chi connectivity index (χ1v) is 6.48. The molecule has 98 valence electrons. The van der Waals surface area contributed by atoms with E-state index in [1.54, 1.807) is 0 Å². The highest BCUT2D eigenvalue weighted by atomic mass is 16.2. The normalized spacial score (nSPS) is 22.6. The van der Waals surface area contributed by atoms with Gasteiger partial charge in [0, 0.05) is 23.6 Å². The van der Waals surface area contributed by atoms with Crippen LogP contribution < -0.4 is 10.6 Å². The Morgan fingerprint density at radius 2 is 2.00 bits per heavy atom. The molecule has 3 heteroatoms. The summed E-state index contributed by atoms with van der Waals surface area (Å²) in [5.74, 6) is 0.408. The third kappa shape index (κ3) is 1.93. The summed E-state index contributed by atoms with van der Waals surface area (Å²) in [7, 11) is 0. The molecule has 1 heterocycles. The SMILES string of the molecule is Cc1ccc(N2C(=O)CC(CN)C2(C)C)cc1C. The van der Waals surface area contributed by atoms with Crippen molar-refractivity contribution < 1.29 is 4.79 Å². The van der Waals surface area contributed by atoms with E-state index in [1.165, 1.54) is 11.1 Å². The second-order valence-electron chi connectivity index (χ2n) is 5.79. The maximum Gasteiger partial charge on any atom is 0.227 e. The fourth-order valence-electron chi connectivity index (χ4n) is 2.77. The summed E-state index contributed by atoms with van der Waals surface area (Å²) in [5, 5.41) is 0. The van der Waals surface area contributed by atoms with Crippen molar-refractivity contribution >= 4 is 11.6 Å². The van der Waals surface area contributed by atoms with E-state index in [4.69, 9.17) is 5.73 Å². The standard InChI is InChI=1S/C15H22N2O/c1-10-5-6-13(7-11(10)2)17-14(18)8-12(9-16)15(17,3)4/h5-7,12H,8-9,16H2,1-4H3. The zero-order valence-electron chi connectivity index (χ0n) is 11.7. The van der Waals surface area contributed by atoms with Crippen molar-refractivity contribution in [3.05, 3.63) is 29.3 Å². The van der Waals surface area contributed by atoms with Crippen LogP contribution in [-0.2, 0) is 4.79 Å². The number of benzene rings is 1. The smallest absolute Gasteiger partial charge is 0.227 e. The van der Waals surface area contributed by atoms with Gasteiger partial charge in [-0.2, -0.15) is 0 Å². The number of anilines is 1. The third-order valence-corrected chi connectivity index (χ3v) is 4.28. The zero-order valence-corrected chi connectivity index (χ0v) is 11.7. The van der Waals surface area contributed by atoms with Crippen molar-refractivity contribution in [3.8, 4) is 0 Å². The van der Waals surface area contributed by atoms with Gasteiger partial charge in [0.1, 0.15) is 0 Å². The van der Waals surface area contributed by atoms with E-state index < -0.39 is 0 Å². The summed E-state index contributed by atoms with van der Waals surface area (Å²) in [4.78, 5) is 14.1. The fourth-order valence-corrected chi connectivity index (χ4v) is 2.77. The van der Waals surface area contributed by atoms with Gasteiger partial charge in [0.25, 0.3) is 0 Å². The molecule has 0 aliphatic carbocycles. The monoisotopic (exact) mass is 246 g/mol. The number of aryl methyl sites for hydroxylation is 2. The van der Waals surface area contributed by atoms with E-state index in [2.05, 4.69) is 39.8 Å². The van der Waals surface area contributed by atoms with Crippen LogP contribution in [0.25, 0.3) is 0 Å². The number of nitrogens with two attached hydrogens (primary N) is 1. The number of hydrogen-bond acceptors (Lipinski definition) is 2. The van der Waals surface area contributed by atoms with E-state index in [0.717, 1.165) is 5.69 Å². The summed E-state index contributed by atoms with van der Waals surface area (Å²) < 4.78 is 0. The van der Waals surface area contributed by atoms with E-state index in [0.29, 0.717) is 13.0 Å². The number of rotatable bonds is 2. The fraction of sp³-hybridized carbons (Fsp3) is 0.533. The molecule has 0 spiro atoms. The molecular formula is C15H22N2O. The van der Waals surface area contributed by atoms with E-state index >= 15 is 0 Å². The van der Waals surface area contributed by atoms with Crippen LogP contribution in [0, 0.1) is 19.8 Å². The molecule has 2 rings (SSSR count). The zero-order chi connectivity index (χ0) is 13.5. The Morgan fingerprint density at radius 3 is 2.50 bits per heavy atom. The molecule has 0 bridgehead atoms. The van der Waals surface area contributed by atoms with Gasteiger partial charge in [-0.3, -0.25) is 4.79 Å². The summed E-state index contributed by atoms with van der Waals surface area (Å²) >= 11 is 0. The van der Waals surface area contributed by atoms with Crippen LogP contribution >= 0.6 is 0 Å². The summed E-state index contributed by atoms with van der Waals surface area (Å²) in [6.45, 7) is 8.92.